The van der Waals surface area contributed by atoms with E-state index in [1.54, 1.807) is 12.1 Å². The van der Waals surface area contributed by atoms with E-state index in [2.05, 4.69) is 0 Å². The van der Waals surface area contributed by atoms with Crippen LogP contribution in [0.2, 0.25) is 0 Å². The molecule has 0 heterocycles. The van der Waals surface area contributed by atoms with Gasteiger partial charge in [-0.05, 0) is 48.1 Å². The van der Waals surface area contributed by atoms with Gasteiger partial charge in [0, 0.05) is 31.6 Å². The molecule has 0 radical (unpaired) electrons. The first-order valence-electron chi connectivity index (χ1n) is 13.4. The van der Waals surface area contributed by atoms with E-state index >= 15 is 0 Å². The molecule has 2 aromatic rings. The van der Waals surface area contributed by atoms with Crippen molar-refractivity contribution >= 4 is 12.0 Å². The van der Waals surface area contributed by atoms with Crippen molar-refractivity contribution < 1.29 is 37.0 Å². The molecule has 2 amide bonds. The Morgan fingerprint density at radius 1 is 1.02 bits per heavy atom. The van der Waals surface area contributed by atoms with E-state index in [-0.39, 0.29) is 24.9 Å². The maximum atomic E-state index is 14.8. The zero-order valence-corrected chi connectivity index (χ0v) is 22.9. The van der Waals surface area contributed by atoms with Crippen molar-refractivity contribution in [3.63, 3.8) is 0 Å². The Hall–Kier alpha value is -3.18. The number of ether oxygens (including phenoxy) is 1. The number of aliphatic hydroxyl groups excluding tert-OH is 1. The predicted molar refractivity (Wildman–Crippen MR) is 143 cm³/mol. The van der Waals surface area contributed by atoms with E-state index in [9.17, 15) is 32.3 Å². The molecule has 222 valence electrons. The summed E-state index contributed by atoms with van der Waals surface area (Å²) in [5.41, 5.74) is 13.0. The van der Waals surface area contributed by atoms with Gasteiger partial charge >= 0.3 is 6.09 Å². The van der Waals surface area contributed by atoms with E-state index in [0.29, 0.717) is 24.5 Å². The van der Waals surface area contributed by atoms with Gasteiger partial charge in [-0.1, -0.05) is 51.0 Å². The van der Waals surface area contributed by atoms with Crippen LogP contribution in [0.15, 0.2) is 42.5 Å². The lowest BCUT2D eigenvalue weighted by Gasteiger charge is -2.32. The Bertz CT molecular complexity index is 1100. The van der Waals surface area contributed by atoms with E-state index in [1.165, 1.54) is 0 Å². The molecule has 0 saturated carbocycles. The fourth-order valence-corrected chi connectivity index (χ4v) is 4.43. The molecular formula is C29H39F4N3O4. The van der Waals surface area contributed by atoms with Crippen LogP contribution in [0.1, 0.15) is 62.6 Å². The highest BCUT2D eigenvalue weighted by Crippen LogP contribution is 2.29. The molecule has 0 saturated heterocycles. The van der Waals surface area contributed by atoms with Gasteiger partial charge in [0.15, 0.2) is 6.10 Å². The van der Waals surface area contributed by atoms with Crippen LogP contribution in [0.25, 0.3) is 0 Å². The smallest absolute Gasteiger partial charge is 0.405 e. The fourth-order valence-electron chi connectivity index (χ4n) is 4.43. The lowest BCUT2D eigenvalue weighted by molar-refractivity contribution is -0.148. The molecule has 0 unspecified atom stereocenters. The average molecular weight is 570 g/mol. The quantitative estimate of drug-likeness (QED) is 0.197. The number of unbranched alkanes of at least 4 members (excludes halogenated alkanes) is 2. The van der Waals surface area contributed by atoms with Gasteiger partial charge in [-0.2, -0.15) is 0 Å². The molecule has 0 bridgehead atoms. The molecule has 0 fully saturated rings. The zero-order chi connectivity index (χ0) is 29.9. The largest absolute Gasteiger partial charge is 0.436 e. The molecular weight excluding hydrogens is 530 g/mol. The number of hydrogen-bond acceptors (Lipinski definition) is 5. The Kier molecular flexibility index (Phi) is 12.9. The highest BCUT2D eigenvalue weighted by atomic mass is 19.3. The second-order valence-electron chi connectivity index (χ2n) is 10.0. The van der Waals surface area contributed by atoms with Gasteiger partial charge in [0.05, 0.1) is 12.5 Å². The molecule has 2 rings (SSSR count). The van der Waals surface area contributed by atoms with Gasteiger partial charge < -0.3 is 26.2 Å². The lowest BCUT2D eigenvalue weighted by atomic mass is 10.00. The van der Waals surface area contributed by atoms with E-state index in [4.69, 9.17) is 16.2 Å². The van der Waals surface area contributed by atoms with Gasteiger partial charge in [-0.25, -0.2) is 22.4 Å². The number of aliphatic hydroxyl groups is 1. The summed E-state index contributed by atoms with van der Waals surface area (Å²) in [6.07, 6.45) is -4.17. The van der Waals surface area contributed by atoms with Gasteiger partial charge in [-0.3, -0.25) is 4.79 Å². The van der Waals surface area contributed by atoms with Crippen molar-refractivity contribution in [2.45, 2.75) is 89.5 Å². The summed E-state index contributed by atoms with van der Waals surface area (Å²) in [6.45, 7) is 3.28. The summed E-state index contributed by atoms with van der Waals surface area (Å²) in [5.74, 6) is -5.90. The van der Waals surface area contributed by atoms with Crippen molar-refractivity contribution in [3.05, 3.63) is 70.8 Å². The van der Waals surface area contributed by atoms with Crippen molar-refractivity contribution in [2.24, 2.45) is 11.5 Å². The zero-order valence-electron chi connectivity index (χ0n) is 22.9. The van der Waals surface area contributed by atoms with Crippen molar-refractivity contribution in [3.8, 4) is 0 Å². The predicted octanol–water partition coefficient (Wildman–Crippen LogP) is 4.86. The van der Waals surface area contributed by atoms with E-state index in [0.717, 1.165) is 29.0 Å². The minimum Gasteiger partial charge on any atom is -0.436 e. The average Bonchev–Trinajstić information content (AvgIpc) is 2.86. The minimum absolute atomic E-state index is 0.106. The standard InChI is InChI=1S/C29H39F4N3O4/c1-3-5-6-10-29(32,33)16-26(40-28(35)39)27(38)36(17-20-9-7-8-19(4-2)11-20)18-25(37)24(34)14-21-12-22(30)15-23(31)13-21/h7-9,11-13,15,24-26,37H,3-6,10,14,16-18,34H2,1-2H3,(H2,35,39)/t24-,25+,26+/m0/s1. The molecule has 0 aliphatic carbocycles. The highest BCUT2D eigenvalue weighted by Gasteiger charge is 2.39. The lowest BCUT2D eigenvalue weighted by Crippen LogP contribution is -2.50. The van der Waals surface area contributed by atoms with Gasteiger partial charge in [0.25, 0.3) is 11.8 Å². The molecule has 40 heavy (non-hydrogen) atoms. The van der Waals surface area contributed by atoms with E-state index in [1.807, 2.05) is 26.0 Å². The van der Waals surface area contributed by atoms with Crippen LogP contribution in [0, 0.1) is 11.6 Å². The topological polar surface area (TPSA) is 119 Å². The summed E-state index contributed by atoms with van der Waals surface area (Å²) >= 11 is 0. The van der Waals surface area contributed by atoms with Crippen molar-refractivity contribution in [2.75, 3.05) is 6.54 Å². The first-order chi connectivity index (χ1) is 18.8. The molecule has 7 nitrogen and oxygen atoms in total. The number of nitrogens with two attached hydrogens (primary N) is 2. The Morgan fingerprint density at radius 2 is 1.68 bits per heavy atom. The number of carbonyl (C=O) groups is 2. The minimum atomic E-state index is -3.31. The fraction of sp³-hybridized carbons (Fsp3) is 0.517. The number of halogens is 4. The van der Waals surface area contributed by atoms with Crippen LogP contribution in [0.4, 0.5) is 22.4 Å². The molecule has 5 N–H and O–H groups in total. The number of primary amides is 1. The summed E-state index contributed by atoms with van der Waals surface area (Å²) in [5, 5.41) is 10.9. The Labute approximate surface area is 232 Å². The van der Waals surface area contributed by atoms with Crippen LogP contribution < -0.4 is 11.5 Å². The number of alkyl halides is 2. The van der Waals surface area contributed by atoms with Crippen molar-refractivity contribution in [1.82, 2.24) is 4.90 Å². The number of hydrogen-bond donors (Lipinski definition) is 3. The highest BCUT2D eigenvalue weighted by molar-refractivity contribution is 5.83. The summed E-state index contributed by atoms with van der Waals surface area (Å²) in [7, 11) is 0. The number of carbonyl (C=O) groups excluding carboxylic acids is 2. The Morgan fingerprint density at radius 3 is 2.27 bits per heavy atom. The summed E-state index contributed by atoms with van der Waals surface area (Å²) < 4.78 is 61.6. The van der Waals surface area contributed by atoms with Crippen molar-refractivity contribution in [1.29, 1.82) is 0 Å². The Balaban J connectivity index is 2.31. The van der Waals surface area contributed by atoms with Gasteiger partial charge in [-0.15, -0.1) is 0 Å². The molecule has 0 aromatic heterocycles. The van der Waals surface area contributed by atoms with E-state index < -0.39 is 67.2 Å². The second-order valence-corrected chi connectivity index (χ2v) is 10.0. The second kappa shape index (κ2) is 15.6. The maximum Gasteiger partial charge on any atom is 0.405 e. The molecule has 2 aromatic carbocycles. The maximum absolute atomic E-state index is 14.8. The van der Waals surface area contributed by atoms with Crippen LogP contribution >= 0.6 is 0 Å². The molecule has 0 aliphatic rings. The third-order valence-electron chi connectivity index (χ3n) is 6.54. The SMILES string of the molecule is CCCCCC(F)(F)C[C@@H](OC(N)=O)C(=O)N(Cc1cccc(CC)c1)C[C@@H](O)[C@@H](N)Cc1cc(F)cc(F)c1. The molecule has 0 aliphatic heterocycles. The first kappa shape index (κ1) is 33.0. The molecule has 0 spiro atoms. The molecule has 3 atom stereocenters. The molecule has 11 heteroatoms. The normalized spacial score (nSPS) is 13.9. The van der Waals surface area contributed by atoms with Crippen LogP contribution in [0.3, 0.4) is 0 Å². The third-order valence-corrected chi connectivity index (χ3v) is 6.54. The summed E-state index contributed by atoms with van der Waals surface area (Å²) in [4.78, 5) is 26.2. The number of benzene rings is 2. The number of rotatable bonds is 16. The van der Waals surface area contributed by atoms with Gasteiger partial charge in [0.2, 0.25) is 0 Å². The summed E-state index contributed by atoms with van der Waals surface area (Å²) in [6, 6.07) is 9.00. The number of nitrogens with zero attached hydrogens (tertiary/aromatic N) is 1. The monoisotopic (exact) mass is 569 g/mol. The number of aryl methyl sites for hydroxylation is 1. The third kappa shape index (κ3) is 11.1. The number of amides is 2. The van der Waals surface area contributed by atoms with Crippen LogP contribution in [0.5, 0.6) is 0 Å². The van der Waals surface area contributed by atoms with Crippen LogP contribution in [-0.2, 0) is 28.9 Å². The van der Waals surface area contributed by atoms with Gasteiger partial charge in [0.1, 0.15) is 11.6 Å². The first-order valence-corrected chi connectivity index (χ1v) is 13.4. The van der Waals surface area contributed by atoms with Crippen LogP contribution in [-0.4, -0.2) is 52.7 Å².